The highest BCUT2D eigenvalue weighted by Gasteiger charge is 2.42. The summed E-state index contributed by atoms with van der Waals surface area (Å²) < 4.78 is 0. The van der Waals surface area contributed by atoms with Crippen molar-refractivity contribution in [1.82, 2.24) is 0 Å². The van der Waals surface area contributed by atoms with E-state index in [-0.39, 0.29) is 0 Å². The summed E-state index contributed by atoms with van der Waals surface area (Å²) in [5.74, 6) is 0. The minimum absolute atomic E-state index is 0.765. The largest absolute Gasteiger partial charge is 0.355 e. The second kappa shape index (κ2) is 2.21. The van der Waals surface area contributed by atoms with Crippen molar-refractivity contribution in [3.8, 4) is 0 Å². The van der Waals surface area contributed by atoms with E-state index in [1.165, 1.54) is 25.7 Å². The second-order valence-electron chi connectivity index (χ2n) is 4.05. The van der Waals surface area contributed by atoms with Crippen molar-refractivity contribution in [1.29, 1.82) is 0 Å². The molecule has 58 valence electrons. The van der Waals surface area contributed by atoms with Crippen LogP contribution in [0.5, 0.6) is 0 Å². The molecule has 2 unspecified atom stereocenters. The zero-order valence-electron chi connectivity index (χ0n) is 6.77. The standard InChI is InChI=1S/C8H16N2/c1-10-7-2-3-8(10)5-6(9)4-7/h6-8H,2-5,9H2,1H3/p+2. The Morgan fingerprint density at radius 1 is 1.20 bits per heavy atom. The molecule has 4 N–H and O–H groups in total. The molecule has 2 saturated heterocycles. The van der Waals surface area contributed by atoms with Gasteiger partial charge in [-0.2, -0.15) is 0 Å². The molecule has 10 heavy (non-hydrogen) atoms. The normalized spacial score (nSPS) is 53.4. The number of quaternary nitrogens is 2. The molecular weight excluding hydrogens is 124 g/mol. The molecule has 2 nitrogen and oxygen atoms in total. The first-order chi connectivity index (χ1) is 4.77. The molecule has 2 aliphatic rings. The van der Waals surface area contributed by atoms with Crippen molar-refractivity contribution in [2.24, 2.45) is 0 Å². The van der Waals surface area contributed by atoms with Gasteiger partial charge in [0.2, 0.25) is 0 Å². The van der Waals surface area contributed by atoms with Crippen LogP contribution >= 0.6 is 0 Å². The van der Waals surface area contributed by atoms with E-state index < -0.39 is 0 Å². The van der Waals surface area contributed by atoms with Gasteiger partial charge in [0.25, 0.3) is 0 Å². The molecule has 0 spiro atoms. The van der Waals surface area contributed by atoms with Gasteiger partial charge in [0, 0.05) is 12.8 Å². The maximum atomic E-state index is 4.16. The van der Waals surface area contributed by atoms with E-state index in [9.17, 15) is 0 Å². The highest BCUT2D eigenvalue weighted by molar-refractivity contribution is 4.80. The molecule has 2 fully saturated rings. The molecule has 2 aliphatic heterocycles. The highest BCUT2D eigenvalue weighted by atomic mass is 15.2. The number of rotatable bonds is 0. The minimum Gasteiger partial charge on any atom is -0.355 e. The van der Waals surface area contributed by atoms with E-state index in [0.717, 1.165) is 18.1 Å². The van der Waals surface area contributed by atoms with Crippen LogP contribution in [-0.4, -0.2) is 25.2 Å². The van der Waals surface area contributed by atoms with Gasteiger partial charge in [0.1, 0.15) is 0 Å². The maximum Gasteiger partial charge on any atom is 0.0958 e. The van der Waals surface area contributed by atoms with Crippen LogP contribution in [-0.2, 0) is 0 Å². The van der Waals surface area contributed by atoms with Gasteiger partial charge in [-0.25, -0.2) is 0 Å². The van der Waals surface area contributed by atoms with Crippen molar-refractivity contribution in [2.75, 3.05) is 7.05 Å². The van der Waals surface area contributed by atoms with Crippen molar-refractivity contribution in [3.05, 3.63) is 0 Å². The Balaban J connectivity index is 2.09. The lowest BCUT2D eigenvalue weighted by atomic mass is 9.99. The van der Waals surface area contributed by atoms with Crippen LogP contribution in [0.2, 0.25) is 0 Å². The highest BCUT2D eigenvalue weighted by Crippen LogP contribution is 2.19. The fourth-order valence-corrected chi connectivity index (χ4v) is 2.70. The van der Waals surface area contributed by atoms with Crippen LogP contribution in [0.15, 0.2) is 0 Å². The molecule has 2 atom stereocenters. The van der Waals surface area contributed by atoms with E-state index in [2.05, 4.69) is 12.8 Å². The summed E-state index contributed by atoms with van der Waals surface area (Å²) in [4.78, 5) is 1.79. The number of fused-ring (bicyclic) bond motifs is 2. The van der Waals surface area contributed by atoms with E-state index in [1.54, 1.807) is 4.90 Å². The Bertz CT molecular complexity index is 121. The quantitative estimate of drug-likeness (QED) is 0.410. The van der Waals surface area contributed by atoms with Gasteiger partial charge in [-0.3, -0.25) is 0 Å². The van der Waals surface area contributed by atoms with Gasteiger partial charge in [0.15, 0.2) is 0 Å². The summed E-state index contributed by atoms with van der Waals surface area (Å²) in [5, 5.41) is 0. The molecule has 2 heteroatoms. The van der Waals surface area contributed by atoms with Gasteiger partial charge in [-0.05, 0) is 0 Å². The van der Waals surface area contributed by atoms with Crippen LogP contribution in [0, 0.1) is 0 Å². The monoisotopic (exact) mass is 142 g/mol. The Labute approximate surface area is 62.4 Å². The molecule has 0 saturated carbocycles. The molecule has 0 aromatic rings. The molecule has 2 rings (SSSR count). The molecule has 0 amide bonds. The van der Waals surface area contributed by atoms with Crippen molar-refractivity contribution >= 4 is 0 Å². The predicted molar refractivity (Wildman–Crippen MR) is 39.6 cm³/mol. The summed E-state index contributed by atoms with van der Waals surface area (Å²) in [5.41, 5.74) is 4.16. The van der Waals surface area contributed by atoms with Crippen molar-refractivity contribution in [2.45, 2.75) is 43.8 Å². The average molecular weight is 142 g/mol. The van der Waals surface area contributed by atoms with E-state index in [4.69, 9.17) is 0 Å². The van der Waals surface area contributed by atoms with Gasteiger partial charge in [0.05, 0.1) is 38.0 Å². The molecule has 0 aliphatic carbocycles. The Hall–Kier alpha value is -0.0800. The fraction of sp³-hybridized carbons (Fsp3) is 1.00. The molecule has 0 aromatic heterocycles. The van der Waals surface area contributed by atoms with E-state index >= 15 is 0 Å². The average Bonchev–Trinajstić information content (AvgIpc) is 2.20. The van der Waals surface area contributed by atoms with Crippen LogP contribution in [0.25, 0.3) is 0 Å². The third kappa shape index (κ3) is 0.867. The first kappa shape index (κ1) is 6.62. The summed E-state index contributed by atoms with van der Waals surface area (Å²) in [7, 11) is 2.36. The van der Waals surface area contributed by atoms with Crippen LogP contribution < -0.4 is 10.6 Å². The maximum absolute atomic E-state index is 4.16. The predicted octanol–water partition coefficient (Wildman–Crippen LogP) is -1.56. The van der Waals surface area contributed by atoms with Crippen LogP contribution in [0.4, 0.5) is 0 Å². The molecule has 2 bridgehead atoms. The Kier molecular flexibility index (Phi) is 1.46. The smallest absolute Gasteiger partial charge is 0.0958 e. The fourth-order valence-electron chi connectivity index (χ4n) is 2.70. The zero-order chi connectivity index (χ0) is 7.14. The minimum atomic E-state index is 0.765. The van der Waals surface area contributed by atoms with Crippen LogP contribution in [0.3, 0.4) is 0 Å². The number of hydrogen-bond acceptors (Lipinski definition) is 0. The zero-order valence-corrected chi connectivity index (χ0v) is 6.77. The lowest BCUT2D eigenvalue weighted by molar-refractivity contribution is -0.926. The lowest BCUT2D eigenvalue weighted by Crippen LogP contribution is -3.16. The molecule has 0 radical (unpaired) electrons. The van der Waals surface area contributed by atoms with Crippen molar-refractivity contribution < 1.29 is 10.6 Å². The number of piperidine rings is 1. The summed E-state index contributed by atoms with van der Waals surface area (Å²) in [6, 6.07) is 2.68. The van der Waals surface area contributed by atoms with Gasteiger partial charge in [-0.1, -0.05) is 0 Å². The Morgan fingerprint density at radius 3 is 2.20 bits per heavy atom. The second-order valence-corrected chi connectivity index (χ2v) is 4.05. The third-order valence-electron chi connectivity index (χ3n) is 3.39. The van der Waals surface area contributed by atoms with Crippen molar-refractivity contribution in [3.63, 3.8) is 0 Å². The molecule has 0 aromatic carbocycles. The molecular formula is C8H18N2+2. The van der Waals surface area contributed by atoms with Crippen LogP contribution in [0.1, 0.15) is 25.7 Å². The summed E-state index contributed by atoms with van der Waals surface area (Å²) in [6.45, 7) is 0. The summed E-state index contributed by atoms with van der Waals surface area (Å²) in [6.07, 6.45) is 5.68. The SMILES string of the molecule is C[NH+]1C2CCC1CC([NH3+])C2. The van der Waals surface area contributed by atoms with Gasteiger partial charge >= 0.3 is 0 Å². The van der Waals surface area contributed by atoms with Gasteiger partial charge in [-0.15, -0.1) is 0 Å². The van der Waals surface area contributed by atoms with Gasteiger partial charge < -0.3 is 10.6 Å². The number of nitrogens with one attached hydrogen (secondary N) is 1. The van der Waals surface area contributed by atoms with E-state index in [1.807, 2.05) is 0 Å². The Morgan fingerprint density at radius 2 is 1.70 bits per heavy atom. The third-order valence-corrected chi connectivity index (χ3v) is 3.39. The first-order valence-corrected chi connectivity index (χ1v) is 4.44. The first-order valence-electron chi connectivity index (χ1n) is 4.44. The number of hydrogen-bond donors (Lipinski definition) is 2. The topological polar surface area (TPSA) is 32.1 Å². The lowest BCUT2D eigenvalue weighted by Gasteiger charge is -2.29. The summed E-state index contributed by atoms with van der Waals surface area (Å²) >= 11 is 0. The molecule has 2 heterocycles. The van der Waals surface area contributed by atoms with E-state index in [0.29, 0.717) is 0 Å².